The van der Waals surface area contributed by atoms with E-state index in [1.807, 2.05) is 39.0 Å². The minimum absolute atomic E-state index is 0.0523. The summed E-state index contributed by atoms with van der Waals surface area (Å²) in [6.07, 6.45) is 1.71. The largest absolute Gasteiger partial charge is 0.442 e. The fraction of sp³-hybridized carbons (Fsp3) is 0.261. The molecular formula is C23H23N5O3S. The molecule has 164 valence electrons. The zero-order valence-corrected chi connectivity index (χ0v) is 19.1. The number of hydrogen-bond donors (Lipinski definition) is 1. The summed E-state index contributed by atoms with van der Waals surface area (Å²) in [6.45, 7) is 6.95. The number of hydrogen-bond acceptors (Lipinski definition) is 8. The van der Waals surface area contributed by atoms with Gasteiger partial charge in [0.1, 0.15) is 15.6 Å². The number of ketones is 1. The first-order chi connectivity index (χ1) is 15.1. The second kappa shape index (κ2) is 8.16. The van der Waals surface area contributed by atoms with E-state index in [0.29, 0.717) is 28.2 Å². The van der Waals surface area contributed by atoms with E-state index < -0.39 is 11.7 Å². The molecule has 0 aliphatic rings. The van der Waals surface area contributed by atoms with E-state index in [0.717, 1.165) is 21.5 Å². The summed E-state index contributed by atoms with van der Waals surface area (Å²) >= 11 is 1.45. The predicted molar refractivity (Wildman–Crippen MR) is 124 cm³/mol. The van der Waals surface area contributed by atoms with Gasteiger partial charge < -0.3 is 10.5 Å². The van der Waals surface area contributed by atoms with Gasteiger partial charge in [-0.15, -0.1) is 10.2 Å². The van der Waals surface area contributed by atoms with Crippen LogP contribution in [0.5, 0.6) is 0 Å². The summed E-state index contributed by atoms with van der Waals surface area (Å²) in [4.78, 5) is 24.1. The minimum atomic E-state index is -0.598. The van der Waals surface area contributed by atoms with E-state index in [1.165, 1.54) is 22.9 Å². The molecule has 0 aliphatic carbocycles. The number of ether oxygens (including phenoxy) is 1. The Kier molecular flexibility index (Phi) is 5.52. The van der Waals surface area contributed by atoms with Gasteiger partial charge in [0.05, 0.1) is 11.7 Å². The Morgan fingerprint density at radius 1 is 1.12 bits per heavy atom. The molecule has 0 saturated heterocycles. The minimum Gasteiger partial charge on any atom is -0.442 e. The number of aromatic nitrogens is 4. The predicted octanol–water partition coefficient (Wildman–Crippen LogP) is 4.71. The van der Waals surface area contributed by atoms with Crippen molar-refractivity contribution in [1.82, 2.24) is 20.0 Å². The summed E-state index contributed by atoms with van der Waals surface area (Å²) in [7, 11) is 0. The maximum absolute atomic E-state index is 12.4. The zero-order chi connectivity index (χ0) is 23.0. The van der Waals surface area contributed by atoms with Crippen molar-refractivity contribution in [2.75, 3.05) is 5.73 Å². The van der Waals surface area contributed by atoms with E-state index in [4.69, 9.17) is 10.5 Å². The van der Waals surface area contributed by atoms with Gasteiger partial charge in [-0.25, -0.2) is 4.79 Å². The van der Waals surface area contributed by atoms with Crippen molar-refractivity contribution in [2.45, 2.75) is 39.7 Å². The van der Waals surface area contributed by atoms with E-state index in [9.17, 15) is 9.59 Å². The molecule has 0 radical (unpaired) electrons. The van der Waals surface area contributed by atoms with Gasteiger partial charge in [0.15, 0.2) is 5.78 Å². The first kappa shape index (κ1) is 21.6. The smallest absolute Gasteiger partial charge is 0.435 e. The average molecular weight is 450 g/mol. The second-order valence-electron chi connectivity index (χ2n) is 8.51. The first-order valence-electron chi connectivity index (χ1n) is 10.0. The zero-order valence-electron chi connectivity index (χ0n) is 18.2. The second-order valence-corrected chi connectivity index (χ2v) is 9.57. The Morgan fingerprint density at radius 3 is 2.62 bits per heavy atom. The molecular weight excluding hydrogens is 426 g/mol. The number of Topliss-reactive ketones (excluding diaryl/α,β-unsaturated/α-hetero) is 1. The quantitative estimate of drug-likeness (QED) is 0.354. The Hall–Kier alpha value is -3.59. The van der Waals surface area contributed by atoms with E-state index in [2.05, 4.69) is 15.3 Å². The van der Waals surface area contributed by atoms with Gasteiger partial charge in [-0.1, -0.05) is 17.4 Å². The van der Waals surface area contributed by atoms with Crippen LogP contribution in [0.3, 0.4) is 0 Å². The lowest BCUT2D eigenvalue weighted by Crippen LogP contribution is -2.27. The third-order valence-corrected chi connectivity index (χ3v) is 5.60. The topological polar surface area (TPSA) is 113 Å². The fourth-order valence-electron chi connectivity index (χ4n) is 3.24. The molecule has 0 atom stereocenters. The van der Waals surface area contributed by atoms with Gasteiger partial charge in [0.2, 0.25) is 0 Å². The van der Waals surface area contributed by atoms with Crippen LogP contribution in [0, 0.1) is 0 Å². The van der Waals surface area contributed by atoms with Crippen LogP contribution in [0.15, 0.2) is 42.6 Å². The van der Waals surface area contributed by atoms with Crippen molar-refractivity contribution in [2.24, 2.45) is 0 Å². The van der Waals surface area contributed by atoms with Gasteiger partial charge in [-0.05, 0) is 63.6 Å². The van der Waals surface area contributed by atoms with Crippen LogP contribution in [-0.2, 0) is 11.2 Å². The standard InChI is InChI=1S/C23H23N5O3S/c1-13(29)15-9-16(11-18(24)10-15)21-27-26-20(32-21)8-14-5-6-19-17(7-14)12-25-28(19)22(30)31-23(2,3)4/h5-7,9-12H,8,24H2,1-4H3. The van der Waals surface area contributed by atoms with Gasteiger partial charge in [-0.3, -0.25) is 4.79 Å². The molecule has 0 saturated carbocycles. The molecule has 0 amide bonds. The summed E-state index contributed by atoms with van der Waals surface area (Å²) in [5.41, 5.74) is 8.86. The van der Waals surface area contributed by atoms with Crippen molar-refractivity contribution in [3.05, 3.63) is 58.7 Å². The van der Waals surface area contributed by atoms with Crippen LogP contribution in [0.2, 0.25) is 0 Å². The maximum Gasteiger partial charge on any atom is 0.435 e. The SMILES string of the molecule is CC(=O)c1cc(N)cc(-c2nnc(Cc3ccc4c(cnn4C(=O)OC(C)(C)C)c3)s2)c1. The van der Waals surface area contributed by atoms with Gasteiger partial charge in [0, 0.05) is 28.6 Å². The molecule has 8 nitrogen and oxygen atoms in total. The molecule has 4 rings (SSSR count). The lowest BCUT2D eigenvalue weighted by molar-refractivity contribution is 0.0522. The van der Waals surface area contributed by atoms with Crippen LogP contribution < -0.4 is 5.73 Å². The number of fused-ring (bicyclic) bond motifs is 1. The highest BCUT2D eigenvalue weighted by Gasteiger charge is 2.20. The van der Waals surface area contributed by atoms with Crippen molar-refractivity contribution in [1.29, 1.82) is 0 Å². The molecule has 2 aromatic carbocycles. The summed E-state index contributed by atoms with van der Waals surface area (Å²) < 4.78 is 6.67. The molecule has 0 aliphatic heterocycles. The Labute approximate surface area is 189 Å². The number of carbonyl (C=O) groups is 2. The number of anilines is 1. The fourth-order valence-corrected chi connectivity index (χ4v) is 4.10. The van der Waals surface area contributed by atoms with Crippen molar-refractivity contribution in [3.8, 4) is 10.6 Å². The van der Waals surface area contributed by atoms with Gasteiger partial charge >= 0.3 is 6.09 Å². The molecule has 9 heteroatoms. The van der Waals surface area contributed by atoms with E-state index in [-0.39, 0.29) is 5.78 Å². The number of benzene rings is 2. The number of nitrogens with two attached hydrogens (primary N) is 1. The molecule has 0 bridgehead atoms. The maximum atomic E-state index is 12.4. The van der Waals surface area contributed by atoms with Crippen molar-refractivity contribution >= 4 is 39.8 Å². The van der Waals surface area contributed by atoms with Crippen LogP contribution >= 0.6 is 11.3 Å². The van der Waals surface area contributed by atoms with Crippen molar-refractivity contribution < 1.29 is 14.3 Å². The van der Waals surface area contributed by atoms with Crippen LogP contribution in [0.1, 0.15) is 48.6 Å². The monoisotopic (exact) mass is 449 g/mol. The highest BCUT2D eigenvalue weighted by molar-refractivity contribution is 7.14. The summed E-state index contributed by atoms with van der Waals surface area (Å²) in [5.74, 6) is -0.0523. The Bertz CT molecular complexity index is 1330. The molecule has 2 aromatic heterocycles. The first-order valence-corrected chi connectivity index (χ1v) is 10.8. The normalized spacial score (nSPS) is 11.6. The van der Waals surface area contributed by atoms with Crippen LogP contribution in [-0.4, -0.2) is 37.5 Å². The molecule has 0 fully saturated rings. The number of rotatable bonds is 4. The average Bonchev–Trinajstić information content (AvgIpc) is 3.33. The third-order valence-electron chi connectivity index (χ3n) is 4.63. The number of carbonyl (C=O) groups excluding carboxylic acids is 2. The van der Waals surface area contributed by atoms with E-state index in [1.54, 1.807) is 24.4 Å². The highest BCUT2D eigenvalue weighted by Crippen LogP contribution is 2.28. The molecule has 2 heterocycles. The molecule has 32 heavy (non-hydrogen) atoms. The van der Waals surface area contributed by atoms with Crippen molar-refractivity contribution in [3.63, 3.8) is 0 Å². The Balaban J connectivity index is 1.56. The van der Waals surface area contributed by atoms with Gasteiger partial charge in [-0.2, -0.15) is 9.78 Å². The summed E-state index contributed by atoms with van der Waals surface area (Å²) in [6, 6.07) is 11.0. The molecule has 0 spiro atoms. The molecule has 0 unspecified atom stereocenters. The highest BCUT2D eigenvalue weighted by atomic mass is 32.1. The van der Waals surface area contributed by atoms with Gasteiger partial charge in [0.25, 0.3) is 0 Å². The number of nitrogen functional groups attached to an aromatic ring is 1. The molecule has 4 aromatic rings. The molecule has 2 N–H and O–H groups in total. The van der Waals surface area contributed by atoms with Crippen LogP contribution in [0.4, 0.5) is 10.5 Å². The lowest BCUT2D eigenvalue weighted by atomic mass is 10.1. The van der Waals surface area contributed by atoms with Crippen LogP contribution in [0.25, 0.3) is 21.5 Å². The number of nitrogens with zero attached hydrogens (tertiary/aromatic N) is 4. The Morgan fingerprint density at radius 2 is 1.91 bits per heavy atom. The summed E-state index contributed by atoms with van der Waals surface area (Å²) in [5, 5.41) is 15.1. The third kappa shape index (κ3) is 4.67. The lowest BCUT2D eigenvalue weighted by Gasteiger charge is -2.19. The van der Waals surface area contributed by atoms with E-state index >= 15 is 0 Å².